The molecule has 0 aliphatic heterocycles. The third kappa shape index (κ3) is 5.91. The molecule has 1 amide bonds. The molecule has 0 unspecified atom stereocenters. The van der Waals surface area contributed by atoms with Crippen LogP contribution in [0.25, 0.3) is 0 Å². The highest BCUT2D eigenvalue weighted by Gasteiger charge is 2.35. The number of hydrogen-bond acceptors (Lipinski definition) is 4. The Morgan fingerprint density at radius 2 is 1.68 bits per heavy atom. The summed E-state index contributed by atoms with van der Waals surface area (Å²) < 4.78 is 80.6. The van der Waals surface area contributed by atoms with Crippen molar-refractivity contribution in [1.29, 1.82) is 0 Å². The molecule has 3 aromatic carbocycles. The summed E-state index contributed by atoms with van der Waals surface area (Å²) in [5, 5.41) is 2.96. The van der Waals surface area contributed by atoms with Gasteiger partial charge in [0.25, 0.3) is 15.9 Å². The van der Waals surface area contributed by atoms with Crippen LogP contribution in [0.3, 0.4) is 0 Å². The average molecular weight is 514 g/mol. The molecule has 0 bridgehead atoms. The van der Waals surface area contributed by atoms with Gasteiger partial charge in [0.1, 0.15) is 12.4 Å². The standard InChI is InChI=1S/C22H16ClF4N3O3S/c23-19-11-10-16(12-18(19)22(25,26)27)30(34(32,33)17-7-2-1-3-8-17)14-21(31)29-28-13-15-6-4-5-9-20(15)24/h1-13H,14H2,(H,29,31)/b28-13-. The molecule has 0 saturated carbocycles. The van der Waals surface area contributed by atoms with E-state index in [1.807, 2.05) is 5.43 Å². The summed E-state index contributed by atoms with van der Waals surface area (Å²) in [7, 11) is -4.46. The Hall–Kier alpha value is -3.44. The van der Waals surface area contributed by atoms with Crippen LogP contribution in [0.5, 0.6) is 0 Å². The minimum absolute atomic E-state index is 0.0593. The van der Waals surface area contributed by atoms with Gasteiger partial charge in [-0.25, -0.2) is 18.2 Å². The van der Waals surface area contributed by atoms with Gasteiger partial charge in [-0.15, -0.1) is 0 Å². The van der Waals surface area contributed by atoms with Gasteiger partial charge in [-0.05, 0) is 36.4 Å². The summed E-state index contributed by atoms with van der Waals surface area (Å²) in [4.78, 5) is 12.2. The van der Waals surface area contributed by atoms with Crippen LogP contribution < -0.4 is 9.73 Å². The first kappa shape index (κ1) is 25.2. The van der Waals surface area contributed by atoms with Crippen molar-refractivity contribution in [3.8, 4) is 0 Å². The van der Waals surface area contributed by atoms with Gasteiger partial charge in [0.15, 0.2) is 0 Å². The number of nitrogens with zero attached hydrogens (tertiary/aromatic N) is 2. The van der Waals surface area contributed by atoms with Crippen molar-refractivity contribution >= 4 is 39.4 Å². The van der Waals surface area contributed by atoms with Crippen LogP contribution in [-0.2, 0) is 21.0 Å². The van der Waals surface area contributed by atoms with Gasteiger partial charge >= 0.3 is 6.18 Å². The van der Waals surface area contributed by atoms with Gasteiger partial charge in [0, 0.05) is 5.56 Å². The van der Waals surface area contributed by atoms with Crippen molar-refractivity contribution in [2.45, 2.75) is 11.1 Å². The van der Waals surface area contributed by atoms with E-state index in [0.717, 1.165) is 18.3 Å². The number of benzene rings is 3. The van der Waals surface area contributed by atoms with E-state index >= 15 is 0 Å². The first-order valence-corrected chi connectivity index (χ1v) is 11.3. The molecule has 0 atom stereocenters. The first-order chi connectivity index (χ1) is 16.0. The van der Waals surface area contributed by atoms with Crippen LogP contribution in [0.1, 0.15) is 11.1 Å². The molecule has 0 aliphatic rings. The Bertz CT molecular complexity index is 1320. The summed E-state index contributed by atoms with van der Waals surface area (Å²) in [5.74, 6) is -1.58. The lowest BCUT2D eigenvalue weighted by molar-refractivity contribution is -0.137. The molecular formula is C22H16ClF4N3O3S. The third-order valence-corrected chi connectivity index (χ3v) is 6.58. The summed E-state index contributed by atoms with van der Waals surface area (Å²) in [5.41, 5.74) is 0.405. The van der Waals surface area contributed by atoms with Crippen molar-refractivity contribution in [2.75, 3.05) is 10.8 Å². The topological polar surface area (TPSA) is 78.8 Å². The van der Waals surface area contributed by atoms with Gasteiger partial charge in [-0.2, -0.15) is 18.3 Å². The van der Waals surface area contributed by atoms with Gasteiger partial charge in [0.05, 0.1) is 27.4 Å². The highest BCUT2D eigenvalue weighted by Crippen LogP contribution is 2.37. The number of hydrogen-bond donors (Lipinski definition) is 1. The molecule has 1 N–H and O–H groups in total. The summed E-state index contributed by atoms with van der Waals surface area (Å²) >= 11 is 5.65. The summed E-state index contributed by atoms with van der Waals surface area (Å²) in [6.07, 6.45) is -3.85. The Morgan fingerprint density at radius 3 is 2.32 bits per heavy atom. The molecule has 0 heterocycles. The second kappa shape index (κ2) is 10.2. The fourth-order valence-corrected chi connectivity index (χ4v) is 4.50. The fraction of sp³-hybridized carbons (Fsp3) is 0.0909. The zero-order valence-corrected chi connectivity index (χ0v) is 18.7. The Kier molecular flexibility index (Phi) is 7.57. The number of amides is 1. The zero-order chi connectivity index (χ0) is 24.9. The van der Waals surface area contributed by atoms with E-state index in [2.05, 4.69) is 5.10 Å². The van der Waals surface area contributed by atoms with Crippen LogP contribution in [0.2, 0.25) is 5.02 Å². The van der Waals surface area contributed by atoms with Crippen LogP contribution in [0.15, 0.2) is 82.8 Å². The number of halogens is 5. The molecule has 0 saturated heterocycles. The molecule has 0 radical (unpaired) electrons. The molecule has 0 spiro atoms. The molecule has 0 aromatic heterocycles. The molecular weight excluding hydrogens is 498 g/mol. The first-order valence-electron chi connectivity index (χ1n) is 9.51. The van der Waals surface area contributed by atoms with E-state index < -0.39 is 50.7 Å². The predicted molar refractivity (Wildman–Crippen MR) is 120 cm³/mol. The number of carbonyl (C=O) groups excluding carboxylic acids is 1. The zero-order valence-electron chi connectivity index (χ0n) is 17.1. The van der Waals surface area contributed by atoms with Gasteiger partial charge in [0.2, 0.25) is 0 Å². The molecule has 0 aliphatic carbocycles. The second-order valence-corrected chi connectivity index (χ2v) is 9.07. The Labute approximate surface area is 197 Å². The Balaban J connectivity index is 1.95. The maximum Gasteiger partial charge on any atom is 0.417 e. The van der Waals surface area contributed by atoms with Crippen molar-refractivity contribution in [1.82, 2.24) is 5.43 Å². The van der Waals surface area contributed by atoms with E-state index in [-0.39, 0.29) is 10.5 Å². The lowest BCUT2D eigenvalue weighted by atomic mass is 10.2. The van der Waals surface area contributed by atoms with Crippen molar-refractivity contribution in [3.05, 3.63) is 94.8 Å². The number of rotatable bonds is 7. The van der Waals surface area contributed by atoms with Crippen LogP contribution in [0, 0.1) is 5.82 Å². The number of sulfonamides is 1. The smallest absolute Gasteiger partial charge is 0.271 e. The predicted octanol–water partition coefficient (Wildman–Crippen LogP) is 4.84. The van der Waals surface area contributed by atoms with E-state index in [0.29, 0.717) is 10.4 Å². The average Bonchev–Trinajstić information content (AvgIpc) is 2.79. The van der Waals surface area contributed by atoms with Crippen molar-refractivity contribution < 1.29 is 30.8 Å². The van der Waals surface area contributed by atoms with E-state index in [4.69, 9.17) is 11.6 Å². The molecule has 3 aromatic rings. The number of anilines is 1. The number of alkyl halides is 3. The van der Waals surface area contributed by atoms with Crippen molar-refractivity contribution in [2.24, 2.45) is 5.10 Å². The molecule has 34 heavy (non-hydrogen) atoms. The molecule has 6 nitrogen and oxygen atoms in total. The van der Waals surface area contributed by atoms with E-state index in [1.54, 1.807) is 12.1 Å². The second-order valence-electron chi connectivity index (χ2n) is 6.80. The summed E-state index contributed by atoms with van der Waals surface area (Å²) in [6, 6.07) is 14.9. The maximum atomic E-state index is 13.7. The lowest BCUT2D eigenvalue weighted by Gasteiger charge is -2.24. The minimum atomic E-state index is -4.86. The van der Waals surface area contributed by atoms with Crippen LogP contribution in [-0.4, -0.2) is 27.1 Å². The molecule has 3 rings (SSSR count). The number of hydrazone groups is 1. The largest absolute Gasteiger partial charge is 0.417 e. The molecule has 12 heteroatoms. The SMILES string of the molecule is O=C(CN(c1ccc(Cl)c(C(F)(F)F)c1)S(=O)(=O)c1ccccc1)N/N=C\c1ccccc1F. The molecule has 178 valence electrons. The normalized spacial score (nSPS) is 12.0. The van der Waals surface area contributed by atoms with E-state index in [1.165, 1.54) is 42.5 Å². The Morgan fingerprint density at radius 1 is 1.03 bits per heavy atom. The number of carbonyl (C=O) groups is 1. The van der Waals surface area contributed by atoms with Crippen molar-refractivity contribution in [3.63, 3.8) is 0 Å². The summed E-state index contributed by atoms with van der Waals surface area (Å²) in [6.45, 7) is -0.912. The van der Waals surface area contributed by atoms with Crippen LogP contribution >= 0.6 is 11.6 Å². The lowest BCUT2D eigenvalue weighted by Crippen LogP contribution is -2.39. The minimum Gasteiger partial charge on any atom is -0.271 e. The van der Waals surface area contributed by atoms with Gasteiger partial charge in [-0.1, -0.05) is 48.0 Å². The fourth-order valence-electron chi connectivity index (χ4n) is 2.84. The van der Waals surface area contributed by atoms with E-state index in [9.17, 15) is 30.8 Å². The highest BCUT2D eigenvalue weighted by molar-refractivity contribution is 7.92. The monoisotopic (exact) mass is 513 g/mol. The number of nitrogens with one attached hydrogen (secondary N) is 1. The maximum absolute atomic E-state index is 13.7. The molecule has 0 fully saturated rings. The van der Waals surface area contributed by atoms with Crippen LogP contribution in [0.4, 0.5) is 23.2 Å². The van der Waals surface area contributed by atoms with Gasteiger partial charge in [-0.3, -0.25) is 9.10 Å². The van der Waals surface area contributed by atoms with Gasteiger partial charge < -0.3 is 0 Å². The third-order valence-electron chi connectivity index (χ3n) is 4.46. The quantitative estimate of drug-likeness (QED) is 0.279. The highest BCUT2D eigenvalue weighted by atomic mass is 35.5.